The first-order valence-corrected chi connectivity index (χ1v) is 7.15. The molecule has 1 aromatic carbocycles. The molecule has 0 saturated heterocycles. The van der Waals surface area contributed by atoms with Crippen LogP contribution in [0.3, 0.4) is 0 Å². The van der Waals surface area contributed by atoms with E-state index in [4.69, 9.17) is 0 Å². The van der Waals surface area contributed by atoms with Gasteiger partial charge < -0.3 is 15.5 Å². The highest BCUT2D eigenvalue weighted by Gasteiger charge is 2.25. The number of carbonyl (C=O) groups is 1. The zero-order chi connectivity index (χ0) is 15.9. The summed E-state index contributed by atoms with van der Waals surface area (Å²) in [6.45, 7) is 4.18. The van der Waals surface area contributed by atoms with Gasteiger partial charge in [0.25, 0.3) is 0 Å². The number of hydrogen-bond acceptors (Lipinski definition) is 4. The van der Waals surface area contributed by atoms with Crippen molar-refractivity contribution in [2.24, 2.45) is 5.41 Å². The Balaban J connectivity index is 2.46. The van der Waals surface area contributed by atoms with Crippen LogP contribution in [0.15, 0.2) is 30.3 Å². The van der Waals surface area contributed by atoms with Crippen LogP contribution < -0.4 is 5.32 Å². The molecule has 1 unspecified atom stereocenters. The average molecular weight is 294 g/mol. The second-order valence-electron chi connectivity index (χ2n) is 6.00. The Labute approximate surface area is 126 Å². The van der Waals surface area contributed by atoms with Crippen LogP contribution >= 0.6 is 0 Å². The number of aliphatic hydroxyl groups is 2. The minimum atomic E-state index is -0.597. The summed E-state index contributed by atoms with van der Waals surface area (Å²) in [6, 6.07) is 9.73. The largest absolute Gasteiger partial charge is 0.396 e. The van der Waals surface area contributed by atoms with Gasteiger partial charge in [0.1, 0.15) is 0 Å². The Morgan fingerprint density at radius 2 is 1.86 bits per heavy atom. The molecule has 0 spiro atoms. The Bertz CT molecular complexity index is 432. The maximum atomic E-state index is 12.0. The van der Waals surface area contributed by atoms with Gasteiger partial charge >= 0.3 is 0 Å². The first-order chi connectivity index (χ1) is 9.90. The van der Waals surface area contributed by atoms with Crippen LogP contribution in [-0.2, 0) is 4.79 Å². The molecule has 21 heavy (non-hydrogen) atoms. The summed E-state index contributed by atoms with van der Waals surface area (Å²) in [5.74, 6) is -0.0768. The third kappa shape index (κ3) is 5.83. The molecule has 0 aromatic heterocycles. The van der Waals surface area contributed by atoms with Crippen molar-refractivity contribution in [3.63, 3.8) is 0 Å². The zero-order valence-electron chi connectivity index (χ0n) is 13.0. The van der Waals surface area contributed by atoms with Crippen LogP contribution in [0.25, 0.3) is 0 Å². The van der Waals surface area contributed by atoms with E-state index in [0.29, 0.717) is 6.54 Å². The lowest BCUT2D eigenvalue weighted by molar-refractivity contribution is -0.123. The van der Waals surface area contributed by atoms with E-state index < -0.39 is 5.41 Å². The van der Waals surface area contributed by atoms with Crippen LogP contribution in [-0.4, -0.2) is 54.4 Å². The van der Waals surface area contributed by atoms with Gasteiger partial charge in [0, 0.05) is 12.0 Å². The van der Waals surface area contributed by atoms with Gasteiger partial charge in [-0.3, -0.25) is 9.69 Å². The maximum Gasteiger partial charge on any atom is 0.234 e. The van der Waals surface area contributed by atoms with Crippen molar-refractivity contribution in [2.45, 2.75) is 19.9 Å². The molecular weight excluding hydrogens is 268 g/mol. The summed E-state index contributed by atoms with van der Waals surface area (Å²) >= 11 is 0. The molecular formula is C16H26N2O3. The normalized spacial score (nSPS) is 13.2. The highest BCUT2D eigenvalue weighted by Crippen LogP contribution is 2.15. The lowest BCUT2D eigenvalue weighted by Gasteiger charge is -2.30. The minimum Gasteiger partial charge on any atom is -0.396 e. The third-order valence-corrected chi connectivity index (χ3v) is 3.51. The molecule has 5 heteroatoms. The molecule has 1 rings (SSSR count). The minimum absolute atomic E-state index is 0.0471. The molecule has 0 fully saturated rings. The van der Waals surface area contributed by atoms with E-state index in [9.17, 15) is 15.0 Å². The number of aliphatic hydroxyl groups excluding tert-OH is 2. The molecule has 0 saturated carbocycles. The summed E-state index contributed by atoms with van der Waals surface area (Å²) in [6.07, 6.45) is 0. The second kappa shape index (κ2) is 8.12. The number of benzene rings is 1. The maximum absolute atomic E-state index is 12.0. The molecule has 1 atom stereocenters. The number of nitrogens with zero attached hydrogens (tertiary/aromatic N) is 1. The fourth-order valence-corrected chi connectivity index (χ4v) is 2.21. The number of amides is 1. The topological polar surface area (TPSA) is 72.8 Å². The van der Waals surface area contributed by atoms with Crippen molar-refractivity contribution in [3.8, 4) is 0 Å². The number of hydrogen-bond donors (Lipinski definition) is 3. The van der Waals surface area contributed by atoms with Crippen molar-refractivity contribution in [1.29, 1.82) is 0 Å². The molecule has 118 valence electrons. The van der Waals surface area contributed by atoms with Crippen molar-refractivity contribution >= 4 is 5.91 Å². The molecule has 0 aliphatic heterocycles. The Morgan fingerprint density at radius 1 is 1.29 bits per heavy atom. The molecule has 0 heterocycles. The van der Waals surface area contributed by atoms with Crippen LogP contribution in [0.1, 0.15) is 25.5 Å². The summed E-state index contributed by atoms with van der Waals surface area (Å²) in [5, 5.41) is 21.5. The number of carbonyl (C=O) groups excluding carboxylic acids is 1. The Hall–Kier alpha value is -1.43. The average Bonchev–Trinajstić information content (AvgIpc) is 2.47. The van der Waals surface area contributed by atoms with Crippen LogP contribution in [0, 0.1) is 5.41 Å². The van der Waals surface area contributed by atoms with Gasteiger partial charge in [-0.25, -0.2) is 0 Å². The summed E-state index contributed by atoms with van der Waals surface area (Å²) in [7, 11) is 1.80. The molecule has 0 aliphatic rings. The van der Waals surface area contributed by atoms with Gasteiger partial charge in [-0.1, -0.05) is 37.3 Å². The van der Waals surface area contributed by atoms with Gasteiger partial charge in [0.05, 0.1) is 25.8 Å². The highest BCUT2D eigenvalue weighted by molar-refractivity contribution is 5.78. The van der Waals surface area contributed by atoms with Crippen molar-refractivity contribution < 1.29 is 15.0 Å². The van der Waals surface area contributed by atoms with E-state index in [1.807, 2.05) is 37.3 Å². The Morgan fingerprint density at radius 3 is 2.38 bits per heavy atom. The van der Waals surface area contributed by atoms with E-state index in [0.717, 1.165) is 5.56 Å². The molecule has 0 radical (unpaired) electrons. The first kappa shape index (κ1) is 17.6. The SMILES string of the molecule is CC(NC(=O)CN(C)CC(C)(CO)CO)c1ccccc1. The van der Waals surface area contributed by atoms with E-state index in [2.05, 4.69) is 5.32 Å². The van der Waals surface area contributed by atoms with E-state index in [1.165, 1.54) is 0 Å². The number of likely N-dealkylation sites (N-methyl/N-ethyl adjacent to an activating group) is 1. The zero-order valence-corrected chi connectivity index (χ0v) is 13.0. The predicted molar refractivity (Wildman–Crippen MR) is 82.8 cm³/mol. The van der Waals surface area contributed by atoms with Crippen molar-refractivity contribution in [1.82, 2.24) is 10.2 Å². The highest BCUT2D eigenvalue weighted by atomic mass is 16.3. The van der Waals surface area contributed by atoms with Crippen LogP contribution in [0.5, 0.6) is 0 Å². The summed E-state index contributed by atoms with van der Waals surface area (Å²) < 4.78 is 0. The van der Waals surface area contributed by atoms with Gasteiger partial charge in [-0.15, -0.1) is 0 Å². The van der Waals surface area contributed by atoms with E-state index >= 15 is 0 Å². The van der Waals surface area contributed by atoms with Crippen LogP contribution in [0.2, 0.25) is 0 Å². The molecule has 3 N–H and O–H groups in total. The van der Waals surface area contributed by atoms with E-state index in [1.54, 1.807) is 18.9 Å². The third-order valence-electron chi connectivity index (χ3n) is 3.51. The quantitative estimate of drug-likeness (QED) is 0.663. The lowest BCUT2D eigenvalue weighted by atomic mass is 9.92. The van der Waals surface area contributed by atoms with Gasteiger partial charge in [0.15, 0.2) is 0 Å². The first-order valence-electron chi connectivity index (χ1n) is 7.15. The van der Waals surface area contributed by atoms with Gasteiger partial charge in [-0.2, -0.15) is 0 Å². The lowest BCUT2D eigenvalue weighted by Crippen LogP contribution is -2.43. The standard InChI is InChI=1S/C16H26N2O3/c1-13(14-7-5-4-6-8-14)17-15(21)9-18(3)10-16(2,11-19)12-20/h4-8,13,19-20H,9-12H2,1-3H3,(H,17,21). The van der Waals surface area contributed by atoms with E-state index in [-0.39, 0.29) is 31.7 Å². The summed E-state index contributed by atoms with van der Waals surface area (Å²) in [5.41, 5.74) is 0.462. The van der Waals surface area contributed by atoms with Crippen LogP contribution in [0.4, 0.5) is 0 Å². The monoisotopic (exact) mass is 294 g/mol. The van der Waals surface area contributed by atoms with Crippen molar-refractivity contribution in [3.05, 3.63) is 35.9 Å². The smallest absolute Gasteiger partial charge is 0.234 e. The van der Waals surface area contributed by atoms with Gasteiger partial charge in [0.2, 0.25) is 5.91 Å². The second-order valence-corrected chi connectivity index (χ2v) is 6.00. The van der Waals surface area contributed by atoms with Gasteiger partial charge in [-0.05, 0) is 19.5 Å². The number of rotatable bonds is 8. The number of nitrogens with one attached hydrogen (secondary N) is 1. The molecule has 5 nitrogen and oxygen atoms in total. The summed E-state index contributed by atoms with van der Waals surface area (Å²) in [4.78, 5) is 13.8. The molecule has 0 bridgehead atoms. The molecule has 1 aromatic rings. The Kier molecular flexibility index (Phi) is 6.81. The predicted octanol–water partition coefficient (Wildman–Crippen LogP) is 0.787. The fraction of sp³-hybridized carbons (Fsp3) is 0.562. The fourth-order valence-electron chi connectivity index (χ4n) is 2.21. The van der Waals surface area contributed by atoms with Crippen molar-refractivity contribution in [2.75, 3.05) is 33.4 Å². The molecule has 1 amide bonds. The molecule has 0 aliphatic carbocycles.